The molecule has 3 rings (SSSR count). The van der Waals surface area contributed by atoms with E-state index in [1.54, 1.807) is 10.9 Å². The highest BCUT2D eigenvalue weighted by Gasteiger charge is 2.01. The molecule has 0 radical (unpaired) electrons. The lowest BCUT2D eigenvalue weighted by atomic mass is 10.1. The topological polar surface area (TPSA) is 47.8 Å². The van der Waals surface area contributed by atoms with Crippen molar-refractivity contribution in [2.75, 3.05) is 0 Å². The Balaban J connectivity index is 1.92. The Morgan fingerprint density at radius 1 is 1.11 bits per heavy atom. The van der Waals surface area contributed by atoms with Gasteiger partial charge in [0, 0.05) is 0 Å². The summed E-state index contributed by atoms with van der Waals surface area (Å²) < 4.78 is 1.66. The Hall–Kier alpha value is -2.49. The molecule has 2 aromatic carbocycles. The number of rotatable bonds is 3. The molecule has 88 valence electrons. The number of hydrogen-bond donors (Lipinski definition) is 0. The second-order valence-corrected chi connectivity index (χ2v) is 4.14. The maximum absolute atomic E-state index is 10.5. The molecular weight excluding hydrogens is 226 g/mol. The van der Waals surface area contributed by atoms with Gasteiger partial charge in [-0.05, 0) is 22.4 Å². The molecule has 0 bridgehead atoms. The van der Waals surface area contributed by atoms with E-state index in [4.69, 9.17) is 0 Å². The van der Waals surface area contributed by atoms with Crippen LogP contribution in [0, 0.1) is 0 Å². The Morgan fingerprint density at radius 3 is 2.72 bits per heavy atom. The average Bonchev–Trinajstić information content (AvgIpc) is 2.86. The molecule has 3 aromatic rings. The lowest BCUT2D eigenvalue weighted by molar-refractivity contribution is 0.111. The average molecular weight is 237 g/mol. The van der Waals surface area contributed by atoms with Crippen molar-refractivity contribution in [2.45, 2.75) is 6.54 Å². The molecule has 4 heteroatoms. The van der Waals surface area contributed by atoms with Crippen molar-refractivity contribution >= 4 is 17.1 Å². The molecule has 1 heterocycles. The Kier molecular flexibility index (Phi) is 2.61. The quantitative estimate of drug-likeness (QED) is 0.657. The smallest absolute Gasteiger partial charge is 0.171 e. The summed E-state index contributed by atoms with van der Waals surface area (Å²) in [4.78, 5) is 10.5. The third-order valence-electron chi connectivity index (χ3n) is 2.84. The van der Waals surface area contributed by atoms with Crippen molar-refractivity contribution in [1.29, 1.82) is 0 Å². The van der Waals surface area contributed by atoms with E-state index in [9.17, 15) is 4.79 Å². The van der Waals surface area contributed by atoms with E-state index in [0.29, 0.717) is 18.5 Å². The minimum absolute atomic E-state index is 0.357. The van der Waals surface area contributed by atoms with Crippen LogP contribution in [0.1, 0.15) is 16.1 Å². The number of carbonyl (C=O) groups excluding carboxylic acids is 1. The number of aldehydes is 1. The monoisotopic (exact) mass is 237 g/mol. The van der Waals surface area contributed by atoms with Crippen molar-refractivity contribution in [3.8, 4) is 0 Å². The fourth-order valence-electron chi connectivity index (χ4n) is 1.97. The predicted octanol–water partition coefficient (Wildman–Crippen LogP) is 2.29. The Labute approximate surface area is 104 Å². The third kappa shape index (κ3) is 2.00. The van der Waals surface area contributed by atoms with E-state index in [1.165, 1.54) is 10.8 Å². The molecule has 0 saturated heterocycles. The predicted molar refractivity (Wildman–Crippen MR) is 68.5 cm³/mol. The fraction of sp³-hybridized carbons (Fsp3) is 0.0714. The van der Waals surface area contributed by atoms with Gasteiger partial charge in [-0.2, -0.15) is 0 Å². The molecule has 0 N–H and O–H groups in total. The zero-order valence-corrected chi connectivity index (χ0v) is 9.65. The van der Waals surface area contributed by atoms with Gasteiger partial charge in [0.25, 0.3) is 0 Å². The largest absolute Gasteiger partial charge is 0.296 e. The van der Waals surface area contributed by atoms with Gasteiger partial charge in [0.15, 0.2) is 6.29 Å². The van der Waals surface area contributed by atoms with E-state index in [2.05, 4.69) is 40.6 Å². The molecule has 0 atom stereocenters. The van der Waals surface area contributed by atoms with Crippen LogP contribution in [0.4, 0.5) is 0 Å². The number of benzene rings is 2. The van der Waals surface area contributed by atoms with E-state index in [0.717, 1.165) is 5.56 Å². The van der Waals surface area contributed by atoms with Gasteiger partial charge in [-0.25, -0.2) is 4.68 Å². The maximum Gasteiger partial charge on any atom is 0.171 e. The number of hydrogen-bond acceptors (Lipinski definition) is 3. The van der Waals surface area contributed by atoms with Crippen molar-refractivity contribution in [1.82, 2.24) is 15.0 Å². The maximum atomic E-state index is 10.5. The standard InChI is InChI=1S/C14H11N3O/c18-10-14-9-17(16-15-14)8-11-5-6-12-3-1-2-4-13(12)7-11/h1-7,9-10H,8H2. The molecular formula is C14H11N3O. The highest BCUT2D eigenvalue weighted by Crippen LogP contribution is 2.16. The van der Waals surface area contributed by atoms with Crippen LogP contribution in [-0.2, 0) is 6.54 Å². The summed E-state index contributed by atoms with van der Waals surface area (Å²) in [5.41, 5.74) is 1.49. The Bertz CT molecular complexity index is 703. The molecule has 0 saturated carbocycles. The summed E-state index contributed by atoms with van der Waals surface area (Å²) in [7, 11) is 0. The lowest BCUT2D eigenvalue weighted by Crippen LogP contribution is -2.00. The SMILES string of the molecule is O=Cc1cn(Cc2ccc3ccccc3c2)nn1. The van der Waals surface area contributed by atoms with Gasteiger partial charge in [0.05, 0.1) is 12.7 Å². The molecule has 1 aromatic heterocycles. The third-order valence-corrected chi connectivity index (χ3v) is 2.84. The minimum Gasteiger partial charge on any atom is -0.296 e. The molecule has 0 unspecified atom stereocenters. The summed E-state index contributed by atoms with van der Waals surface area (Å²) in [6, 6.07) is 14.5. The summed E-state index contributed by atoms with van der Waals surface area (Å²) in [6.45, 7) is 0.617. The zero-order chi connectivity index (χ0) is 12.4. The minimum atomic E-state index is 0.357. The lowest BCUT2D eigenvalue weighted by Gasteiger charge is -2.03. The molecule has 4 nitrogen and oxygen atoms in total. The zero-order valence-electron chi connectivity index (χ0n) is 9.65. The fourth-order valence-corrected chi connectivity index (χ4v) is 1.97. The van der Waals surface area contributed by atoms with Gasteiger partial charge >= 0.3 is 0 Å². The van der Waals surface area contributed by atoms with E-state index in [1.807, 2.05) is 12.1 Å². The van der Waals surface area contributed by atoms with Crippen LogP contribution in [-0.4, -0.2) is 21.3 Å². The van der Waals surface area contributed by atoms with Gasteiger partial charge in [0.2, 0.25) is 0 Å². The Morgan fingerprint density at radius 2 is 1.94 bits per heavy atom. The van der Waals surface area contributed by atoms with Crippen LogP contribution in [0.25, 0.3) is 10.8 Å². The number of nitrogens with zero attached hydrogens (tertiary/aromatic N) is 3. The van der Waals surface area contributed by atoms with Crippen molar-refractivity contribution in [2.24, 2.45) is 0 Å². The number of fused-ring (bicyclic) bond motifs is 1. The summed E-state index contributed by atoms with van der Waals surface area (Å²) in [5, 5.41) is 10.1. The first-order valence-electron chi connectivity index (χ1n) is 5.68. The molecule has 18 heavy (non-hydrogen) atoms. The molecule has 0 aliphatic carbocycles. The van der Waals surface area contributed by atoms with Gasteiger partial charge in [-0.1, -0.05) is 41.6 Å². The summed E-state index contributed by atoms with van der Waals surface area (Å²) >= 11 is 0. The normalized spacial score (nSPS) is 10.7. The number of carbonyl (C=O) groups is 1. The first kappa shape index (κ1) is 10.7. The summed E-state index contributed by atoms with van der Waals surface area (Å²) in [6.07, 6.45) is 2.34. The van der Waals surface area contributed by atoms with Crippen molar-refractivity contribution in [3.63, 3.8) is 0 Å². The second-order valence-electron chi connectivity index (χ2n) is 4.14. The van der Waals surface area contributed by atoms with Gasteiger partial charge in [-0.3, -0.25) is 4.79 Å². The number of aromatic nitrogens is 3. The van der Waals surface area contributed by atoms with E-state index in [-0.39, 0.29) is 0 Å². The first-order valence-corrected chi connectivity index (χ1v) is 5.68. The van der Waals surface area contributed by atoms with Crippen molar-refractivity contribution in [3.05, 3.63) is 59.9 Å². The van der Waals surface area contributed by atoms with Crippen LogP contribution in [0.15, 0.2) is 48.7 Å². The molecule has 0 aliphatic heterocycles. The van der Waals surface area contributed by atoms with Crippen LogP contribution < -0.4 is 0 Å². The van der Waals surface area contributed by atoms with Crippen LogP contribution >= 0.6 is 0 Å². The summed E-state index contributed by atoms with van der Waals surface area (Å²) in [5.74, 6) is 0. The van der Waals surface area contributed by atoms with E-state index >= 15 is 0 Å². The second kappa shape index (κ2) is 4.41. The molecule has 0 spiro atoms. The first-order chi connectivity index (χ1) is 8.85. The van der Waals surface area contributed by atoms with Gasteiger partial charge < -0.3 is 0 Å². The van der Waals surface area contributed by atoms with Crippen LogP contribution in [0.2, 0.25) is 0 Å². The van der Waals surface area contributed by atoms with Crippen LogP contribution in [0.5, 0.6) is 0 Å². The van der Waals surface area contributed by atoms with Gasteiger partial charge in [0.1, 0.15) is 5.69 Å². The van der Waals surface area contributed by atoms with E-state index < -0.39 is 0 Å². The van der Waals surface area contributed by atoms with Crippen LogP contribution in [0.3, 0.4) is 0 Å². The highest BCUT2D eigenvalue weighted by atomic mass is 16.1. The highest BCUT2D eigenvalue weighted by molar-refractivity contribution is 5.82. The molecule has 0 aliphatic rings. The molecule has 0 amide bonds. The molecule has 0 fully saturated rings. The van der Waals surface area contributed by atoms with Gasteiger partial charge in [-0.15, -0.1) is 5.10 Å². The van der Waals surface area contributed by atoms with Crippen molar-refractivity contribution < 1.29 is 4.79 Å².